The third-order valence-electron chi connectivity index (χ3n) is 8.45. The molecule has 2 amide bonds. The summed E-state index contributed by atoms with van der Waals surface area (Å²) in [6.07, 6.45) is 34.9. The van der Waals surface area contributed by atoms with Gasteiger partial charge in [0.25, 0.3) is 0 Å². The van der Waals surface area contributed by atoms with E-state index in [1.165, 1.54) is 70.6 Å². The number of ether oxygens (including phenoxy) is 1. The predicted octanol–water partition coefficient (Wildman–Crippen LogP) is 8.48. The monoisotopic (exact) mass is 679 g/mol. The van der Waals surface area contributed by atoms with Crippen LogP contribution >= 0.6 is 0 Å². The van der Waals surface area contributed by atoms with E-state index in [0.717, 1.165) is 70.6 Å². The van der Waals surface area contributed by atoms with Crippen molar-refractivity contribution < 1.29 is 34.1 Å². The Balaban J connectivity index is 4.34. The molecule has 2 atom stereocenters. The quantitative estimate of drug-likeness (QED) is 0.0304. The van der Waals surface area contributed by atoms with Crippen molar-refractivity contribution in [3.8, 4) is 0 Å². The van der Waals surface area contributed by atoms with E-state index in [2.05, 4.69) is 48.8 Å². The lowest BCUT2D eigenvalue weighted by molar-refractivity contribution is -0.150. The number of carboxylic acid groups (broad SMARTS) is 1. The molecular weight excluding hydrogens is 608 g/mol. The molecule has 0 bridgehead atoms. The molecule has 9 nitrogen and oxygen atoms in total. The molecule has 48 heavy (non-hydrogen) atoms. The molecule has 0 aromatic heterocycles. The van der Waals surface area contributed by atoms with Gasteiger partial charge in [-0.25, -0.2) is 4.79 Å². The maximum absolute atomic E-state index is 12.6. The first-order valence-electron chi connectivity index (χ1n) is 19.2. The first kappa shape index (κ1) is 45.3. The second kappa shape index (κ2) is 34.2. The van der Waals surface area contributed by atoms with Gasteiger partial charge in [-0.15, -0.1) is 0 Å². The zero-order valence-electron chi connectivity index (χ0n) is 30.5. The molecule has 0 aromatic carbocycles. The summed E-state index contributed by atoms with van der Waals surface area (Å²) in [5, 5.41) is 22.5. The summed E-state index contributed by atoms with van der Waals surface area (Å²) in [6.45, 7) is 3.42. The number of rotatable bonds is 34. The highest BCUT2D eigenvalue weighted by Gasteiger charge is 2.19. The maximum atomic E-state index is 12.6. The first-order chi connectivity index (χ1) is 23.3. The summed E-state index contributed by atoms with van der Waals surface area (Å²) in [4.78, 5) is 47.3. The van der Waals surface area contributed by atoms with Crippen molar-refractivity contribution >= 4 is 23.8 Å². The van der Waals surface area contributed by atoms with Crippen LogP contribution in [0.25, 0.3) is 0 Å². The van der Waals surface area contributed by atoms with Gasteiger partial charge in [-0.2, -0.15) is 0 Å². The number of hydrogen-bond acceptors (Lipinski definition) is 6. The number of carbonyl (C=O) groups is 4. The van der Waals surface area contributed by atoms with E-state index in [-0.39, 0.29) is 30.9 Å². The molecule has 0 radical (unpaired) electrons. The topological polar surface area (TPSA) is 142 Å². The largest absolute Gasteiger partial charge is 0.480 e. The SMILES string of the molecule is CCCCCCC/C=C\C/C=C\CCCC(CCCCCCCC(=O)NCC(=O)NC(CO)C(=O)O)OC(=O)CCCCCCCCC. The molecule has 0 aliphatic heterocycles. The van der Waals surface area contributed by atoms with Gasteiger partial charge in [-0.05, 0) is 64.2 Å². The van der Waals surface area contributed by atoms with Gasteiger partial charge in [0.1, 0.15) is 12.1 Å². The Morgan fingerprint density at radius 3 is 1.75 bits per heavy atom. The fourth-order valence-corrected chi connectivity index (χ4v) is 5.46. The molecule has 0 spiro atoms. The number of allylic oxidation sites excluding steroid dienone is 4. The fraction of sp³-hybridized carbons (Fsp3) is 0.795. The molecule has 0 fully saturated rings. The predicted molar refractivity (Wildman–Crippen MR) is 195 cm³/mol. The van der Waals surface area contributed by atoms with Crippen LogP contribution in [0.3, 0.4) is 0 Å². The highest BCUT2D eigenvalue weighted by Crippen LogP contribution is 2.17. The highest BCUT2D eigenvalue weighted by atomic mass is 16.5. The van der Waals surface area contributed by atoms with Crippen LogP contribution in [0.2, 0.25) is 0 Å². The fourth-order valence-electron chi connectivity index (χ4n) is 5.46. The van der Waals surface area contributed by atoms with Crippen molar-refractivity contribution in [1.29, 1.82) is 0 Å². The molecule has 278 valence electrons. The Labute approximate surface area is 292 Å². The second-order valence-corrected chi connectivity index (χ2v) is 13.0. The second-order valence-electron chi connectivity index (χ2n) is 13.0. The summed E-state index contributed by atoms with van der Waals surface area (Å²) in [6, 6.07) is -1.38. The molecule has 0 aromatic rings. The van der Waals surface area contributed by atoms with Crippen molar-refractivity contribution in [2.45, 2.75) is 187 Å². The summed E-state index contributed by atoms with van der Waals surface area (Å²) in [7, 11) is 0. The van der Waals surface area contributed by atoms with Crippen molar-refractivity contribution in [1.82, 2.24) is 10.6 Å². The standard InChI is InChI=1S/C39H70N2O7/c1-3-5-7-9-11-12-13-14-15-16-18-20-24-28-34(48-38(45)31-27-23-17-10-8-6-4-2)29-25-21-19-22-26-30-36(43)40-32-37(44)41-35(33-42)39(46)47/h13-14,16,18,34-35,42H,3-12,15,17,19-33H2,1-2H3,(H,40,43)(H,41,44)(H,46,47)/b14-13-,18-16-. The Kier molecular flexibility index (Phi) is 32.3. The van der Waals surface area contributed by atoms with Crippen LogP contribution in [0, 0.1) is 0 Å². The van der Waals surface area contributed by atoms with E-state index in [0.29, 0.717) is 12.8 Å². The van der Waals surface area contributed by atoms with Crippen molar-refractivity contribution in [3.05, 3.63) is 24.3 Å². The Morgan fingerprint density at radius 2 is 1.15 bits per heavy atom. The lowest BCUT2D eigenvalue weighted by Gasteiger charge is -2.18. The van der Waals surface area contributed by atoms with E-state index < -0.39 is 24.5 Å². The van der Waals surface area contributed by atoms with Crippen LogP contribution in [0.4, 0.5) is 0 Å². The number of carbonyl (C=O) groups excluding carboxylic acids is 3. The van der Waals surface area contributed by atoms with E-state index >= 15 is 0 Å². The van der Waals surface area contributed by atoms with Crippen molar-refractivity contribution in [2.75, 3.05) is 13.2 Å². The van der Waals surface area contributed by atoms with Crippen LogP contribution in [-0.4, -0.2) is 59.3 Å². The van der Waals surface area contributed by atoms with Gasteiger partial charge < -0.3 is 25.6 Å². The van der Waals surface area contributed by atoms with Crippen LogP contribution in [-0.2, 0) is 23.9 Å². The molecule has 0 heterocycles. The van der Waals surface area contributed by atoms with E-state index in [1.807, 2.05) is 0 Å². The van der Waals surface area contributed by atoms with Gasteiger partial charge in [-0.3, -0.25) is 14.4 Å². The summed E-state index contributed by atoms with van der Waals surface area (Å²) in [5.74, 6) is -2.33. The van der Waals surface area contributed by atoms with Gasteiger partial charge in [-0.1, -0.05) is 122 Å². The number of unbranched alkanes of at least 4 members (excludes halogenated alkanes) is 16. The number of esters is 1. The number of amides is 2. The average Bonchev–Trinajstić information content (AvgIpc) is 3.07. The molecule has 0 aliphatic rings. The molecule has 0 saturated carbocycles. The van der Waals surface area contributed by atoms with Crippen LogP contribution in [0.15, 0.2) is 24.3 Å². The van der Waals surface area contributed by atoms with Crippen molar-refractivity contribution in [3.63, 3.8) is 0 Å². The minimum Gasteiger partial charge on any atom is -0.480 e. The number of aliphatic hydroxyl groups excluding tert-OH is 1. The van der Waals surface area contributed by atoms with Gasteiger partial charge in [0.2, 0.25) is 11.8 Å². The lowest BCUT2D eigenvalue weighted by atomic mass is 10.0. The zero-order chi connectivity index (χ0) is 35.5. The molecule has 4 N–H and O–H groups in total. The molecule has 0 rings (SSSR count). The maximum Gasteiger partial charge on any atom is 0.328 e. The molecule has 0 saturated heterocycles. The molecule has 9 heteroatoms. The van der Waals surface area contributed by atoms with E-state index in [4.69, 9.17) is 14.9 Å². The molecular formula is C39H70N2O7. The van der Waals surface area contributed by atoms with Gasteiger partial charge in [0.15, 0.2) is 0 Å². The minimum absolute atomic E-state index is 0.0495. The van der Waals surface area contributed by atoms with Gasteiger partial charge in [0, 0.05) is 12.8 Å². The van der Waals surface area contributed by atoms with Crippen LogP contribution < -0.4 is 10.6 Å². The number of aliphatic carboxylic acids is 1. The smallest absolute Gasteiger partial charge is 0.328 e. The number of carboxylic acids is 1. The lowest BCUT2D eigenvalue weighted by Crippen LogP contribution is -2.47. The number of nitrogens with one attached hydrogen (secondary N) is 2. The van der Waals surface area contributed by atoms with E-state index in [1.54, 1.807) is 0 Å². The molecule has 2 unspecified atom stereocenters. The zero-order valence-corrected chi connectivity index (χ0v) is 30.5. The third kappa shape index (κ3) is 30.6. The van der Waals surface area contributed by atoms with E-state index in [9.17, 15) is 19.2 Å². The first-order valence-corrected chi connectivity index (χ1v) is 19.2. The normalized spacial score (nSPS) is 12.7. The summed E-state index contributed by atoms with van der Waals surface area (Å²) < 4.78 is 5.95. The number of hydrogen-bond donors (Lipinski definition) is 4. The van der Waals surface area contributed by atoms with Crippen LogP contribution in [0.5, 0.6) is 0 Å². The minimum atomic E-state index is -1.38. The molecule has 0 aliphatic carbocycles. The number of aliphatic hydroxyl groups is 1. The average molecular weight is 679 g/mol. The Bertz CT molecular complexity index is 874. The Hall–Kier alpha value is -2.68. The highest BCUT2D eigenvalue weighted by molar-refractivity contribution is 5.87. The summed E-state index contributed by atoms with van der Waals surface area (Å²) >= 11 is 0. The van der Waals surface area contributed by atoms with Crippen molar-refractivity contribution in [2.24, 2.45) is 0 Å². The van der Waals surface area contributed by atoms with Crippen LogP contribution in [0.1, 0.15) is 174 Å². The van der Waals surface area contributed by atoms with Gasteiger partial charge in [0.05, 0.1) is 13.2 Å². The summed E-state index contributed by atoms with van der Waals surface area (Å²) in [5.41, 5.74) is 0. The Morgan fingerprint density at radius 1 is 0.625 bits per heavy atom. The van der Waals surface area contributed by atoms with Gasteiger partial charge >= 0.3 is 11.9 Å². The third-order valence-corrected chi connectivity index (χ3v) is 8.45.